The quantitative estimate of drug-likeness (QED) is 0.315. The standard InChI is InChI=1S/C19H22F3N5O7S/c1-4-33-16(28)18(34-5-2,19(20,21)22)24-17(29)23-12-6-8-13(9-7-12)35(30,31)27-14-10-11-15(32-3)26-25-14/h6-11H,4-5H2,1-3H3,(H,25,27)(H2,23,24,29). The van der Waals surface area contributed by atoms with Gasteiger partial charge in [0.25, 0.3) is 10.0 Å². The van der Waals surface area contributed by atoms with Crippen molar-refractivity contribution in [1.29, 1.82) is 0 Å². The number of halogens is 3. The molecule has 1 unspecified atom stereocenters. The molecule has 0 aliphatic carbocycles. The van der Waals surface area contributed by atoms with Crippen molar-refractivity contribution in [3.05, 3.63) is 36.4 Å². The van der Waals surface area contributed by atoms with Crippen molar-refractivity contribution >= 4 is 33.5 Å². The van der Waals surface area contributed by atoms with Crippen LogP contribution < -0.4 is 20.1 Å². The van der Waals surface area contributed by atoms with Gasteiger partial charge in [0.1, 0.15) is 0 Å². The number of benzene rings is 1. The van der Waals surface area contributed by atoms with E-state index in [9.17, 15) is 31.2 Å². The minimum atomic E-state index is -5.35. The number of alkyl halides is 3. The Morgan fingerprint density at radius 2 is 1.66 bits per heavy atom. The molecule has 0 aliphatic rings. The van der Waals surface area contributed by atoms with Crippen LogP contribution in [0.5, 0.6) is 5.88 Å². The summed E-state index contributed by atoms with van der Waals surface area (Å²) in [5.74, 6) is -1.77. The number of sulfonamides is 1. The van der Waals surface area contributed by atoms with Crippen LogP contribution >= 0.6 is 0 Å². The smallest absolute Gasteiger partial charge is 0.448 e. The monoisotopic (exact) mass is 521 g/mol. The van der Waals surface area contributed by atoms with Crippen molar-refractivity contribution in [2.24, 2.45) is 0 Å². The summed E-state index contributed by atoms with van der Waals surface area (Å²) in [4.78, 5) is 24.1. The van der Waals surface area contributed by atoms with Crippen LogP contribution in [-0.4, -0.2) is 62.8 Å². The molecular weight excluding hydrogens is 499 g/mol. The van der Waals surface area contributed by atoms with Gasteiger partial charge in [-0.15, -0.1) is 10.2 Å². The van der Waals surface area contributed by atoms with Gasteiger partial charge in [-0.25, -0.2) is 18.0 Å². The summed E-state index contributed by atoms with van der Waals surface area (Å²) in [6.07, 6.45) is -5.35. The Morgan fingerprint density at radius 1 is 1.00 bits per heavy atom. The average Bonchev–Trinajstić information content (AvgIpc) is 2.78. The molecule has 2 rings (SSSR count). The maximum Gasteiger partial charge on any atom is 0.448 e. The lowest BCUT2D eigenvalue weighted by Crippen LogP contribution is -2.67. The van der Waals surface area contributed by atoms with E-state index in [1.54, 1.807) is 0 Å². The van der Waals surface area contributed by atoms with Gasteiger partial charge in [-0.3, -0.25) is 10.0 Å². The first-order chi connectivity index (χ1) is 16.4. The molecule has 0 aliphatic heterocycles. The van der Waals surface area contributed by atoms with E-state index in [0.29, 0.717) is 0 Å². The van der Waals surface area contributed by atoms with E-state index in [1.165, 1.54) is 38.4 Å². The van der Waals surface area contributed by atoms with Gasteiger partial charge in [0.05, 0.1) is 18.6 Å². The second-order valence-corrected chi connectivity index (χ2v) is 8.18. The van der Waals surface area contributed by atoms with Gasteiger partial charge in [0, 0.05) is 18.4 Å². The number of rotatable bonds is 10. The van der Waals surface area contributed by atoms with Crippen molar-refractivity contribution in [1.82, 2.24) is 15.5 Å². The van der Waals surface area contributed by atoms with E-state index in [1.807, 2.05) is 0 Å². The fraction of sp³-hybridized carbons (Fsp3) is 0.368. The lowest BCUT2D eigenvalue weighted by atomic mass is 10.2. The van der Waals surface area contributed by atoms with Crippen molar-refractivity contribution in [2.45, 2.75) is 30.6 Å². The molecule has 0 fully saturated rings. The molecule has 192 valence electrons. The fourth-order valence-corrected chi connectivity index (χ4v) is 3.58. The number of urea groups is 1. The zero-order valence-electron chi connectivity index (χ0n) is 18.7. The van der Waals surface area contributed by atoms with Gasteiger partial charge in [-0.1, -0.05) is 0 Å². The predicted octanol–water partition coefficient (Wildman–Crippen LogP) is 2.27. The summed E-state index contributed by atoms with van der Waals surface area (Å²) in [6.45, 7) is 1.52. The Hall–Kier alpha value is -3.66. The van der Waals surface area contributed by atoms with Crippen LogP contribution in [0, 0.1) is 0 Å². The number of hydrogen-bond donors (Lipinski definition) is 3. The number of esters is 1. The lowest BCUT2D eigenvalue weighted by molar-refractivity contribution is -0.282. The van der Waals surface area contributed by atoms with Crippen LogP contribution in [0.25, 0.3) is 0 Å². The maximum absolute atomic E-state index is 13.7. The van der Waals surface area contributed by atoms with Crippen LogP contribution in [0.1, 0.15) is 13.8 Å². The number of nitrogens with one attached hydrogen (secondary N) is 3. The number of amides is 2. The molecule has 0 saturated carbocycles. The first-order valence-electron chi connectivity index (χ1n) is 9.86. The van der Waals surface area contributed by atoms with Gasteiger partial charge in [0.15, 0.2) is 5.82 Å². The van der Waals surface area contributed by atoms with Gasteiger partial charge >= 0.3 is 23.9 Å². The first-order valence-corrected chi connectivity index (χ1v) is 11.3. The van der Waals surface area contributed by atoms with E-state index < -0.39 is 40.5 Å². The summed E-state index contributed by atoms with van der Waals surface area (Å²) in [5.41, 5.74) is -3.82. The van der Waals surface area contributed by atoms with Gasteiger partial charge in [0.2, 0.25) is 5.88 Å². The number of nitrogens with zero attached hydrogens (tertiary/aromatic N) is 2. The van der Waals surface area contributed by atoms with Crippen molar-refractivity contribution < 1.29 is 45.4 Å². The molecule has 0 saturated heterocycles. The van der Waals surface area contributed by atoms with Crippen LogP contribution in [0.15, 0.2) is 41.3 Å². The Kier molecular flexibility index (Phi) is 8.81. The summed E-state index contributed by atoms with van der Waals surface area (Å²) in [6, 6.07) is 5.65. The zero-order chi connectivity index (χ0) is 26.3. The zero-order valence-corrected chi connectivity index (χ0v) is 19.5. The summed E-state index contributed by atoms with van der Waals surface area (Å²) >= 11 is 0. The van der Waals surface area contributed by atoms with Crippen LogP contribution in [-0.2, 0) is 24.3 Å². The topological polar surface area (TPSA) is 158 Å². The predicted molar refractivity (Wildman–Crippen MR) is 115 cm³/mol. The van der Waals surface area contributed by atoms with Gasteiger partial charge in [-0.05, 0) is 44.2 Å². The molecule has 2 aromatic rings. The van der Waals surface area contributed by atoms with E-state index in [-0.39, 0.29) is 28.9 Å². The largest absolute Gasteiger partial charge is 0.480 e. The molecule has 1 heterocycles. The second-order valence-electron chi connectivity index (χ2n) is 6.50. The highest BCUT2D eigenvalue weighted by atomic mass is 32.2. The van der Waals surface area contributed by atoms with Gasteiger partial charge in [-0.2, -0.15) is 13.2 Å². The molecular formula is C19H22F3N5O7S. The molecule has 0 bridgehead atoms. The minimum absolute atomic E-state index is 0.0814. The van der Waals surface area contributed by atoms with Crippen LogP contribution in [0.4, 0.5) is 29.5 Å². The van der Waals surface area contributed by atoms with Gasteiger partial charge < -0.3 is 19.5 Å². The van der Waals surface area contributed by atoms with E-state index in [4.69, 9.17) is 4.74 Å². The second kappa shape index (κ2) is 11.2. The third kappa shape index (κ3) is 6.69. The molecule has 3 N–H and O–H groups in total. The lowest BCUT2D eigenvalue weighted by Gasteiger charge is -2.33. The third-order valence-electron chi connectivity index (χ3n) is 4.12. The molecule has 16 heteroatoms. The summed E-state index contributed by atoms with van der Waals surface area (Å²) in [5, 5.41) is 10.8. The Morgan fingerprint density at radius 3 is 2.14 bits per heavy atom. The average molecular weight is 521 g/mol. The molecule has 35 heavy (non-hydrogen) atoms. The molecule has 12 nitrogen and oxygen atoms in total. The fourth-order valence-electron chi connectivity index (χ4n) is 2.58. The van der Waals surface area contributed by atoms with E-state index in [2.05, 4.69) is 29.7 Å². The number of carbonyl (C=O) groups is 2. The van der Waals surface area contributed by atoms with Crippen LogP contribution in [0.3, 0.4) is 0 Å². The summed E-state index contributed by atoms with van der Waals surface area (Å²) < 4.78 is 82.1. The third-order valence-corrected chi connectivity index (χ3v) is 5.49. The van der Waals surface area contributed by atoms with E-state index in [0.717, 1.165) is 24.3 Å². The Balaban J connectivity index is 2.16. The molecule has 1 atom stereocenters. The molecule has 0 radical (unpaired) electrons. The highest BCUT2D eigenvalue weighted by Gasteiger charge is 2.64. The van der Waals surface area contributed by atoms with Crippen molar-refractivity contribution in [3.8, 4) is 5.88 Å². The number of aromatic nitrogens is 2. The number of ether oxygens (including phenoxy) is 3. The maximum atomic E-state index is 13.7. The molecule has 1 aromatic heterocycles. The highest BCUT2D eigenvalue weighted by Crippen LogP contribution is 2.33. The number of methoxy groups -OCH3 is 1. The minimum Gasteiger partial charge on any atom is -0.480 e. The van der Waals surface area contributed by atoms with Crippen molar-refractivity contribution in [3.63, 3.8) is 0 Å². The molecule has 2 amide bonds. The number of anilines is 2. The number of hydrogen-bond acceptors (Lipinski definition) is 9. The molecule has 0 spiro atoms. The highest BCUT2D eigenvalue weighted by molar-refractivity contribution is 7.92. The normalized spacial score (nSPS) is 13.3. The SMILES string of the molecule is CCOC(=O)C(NC(=O)Nc1ccc(S(=O)(=O)Nc2ccc(OC)nn2)cc1)(OCC)C(F)(F)F. The van der Waals surface area contributed by atoms with Crippen LogP contribution in [0.2, 0.25) is 0 Å². The Labute approximate surface area is 198 Å². The van der Waals surface area contributed by atoms with E-state index >= 15 is 0 Å². The van der Waals surface area contributed by atoms with Crippen molar-refractivity contribution in [2.75, 3.05) is 30.4 Å². The Bertz CT molecular complexity index is 1130. The molecule has 1 aromatic carbocycles. The number of carbonyl (C=O) groups excluding carboxylic acids is 2. The summed E-state index contributed by atoms with van der Waals surface area (Å²) in [7, 11) is -2.74. The first kappa shape index (κ1) is 27.6.